The molecular formula is C19H30O2. The molecule has 0 amide bonds. The minimum atomic E-state index is -0.0489. The van der Waals surface area contributed by atoms with Gasteiger partial charge in [-0.1, -0.05) is 6.92 Å². The maximum atomic E-state index is 12.3. The van der Waals surface area contributed by atoms with E-state index in [1.807, 2.05) is 0 Å². The summed E-state index contributed by atoms with van der Waals surface area (Å²) >= 11 is 0. The van der Waals surface area contributed by atoms with Gasteiger partial charge in [0.15, 0.2) is 0 Å². The summed E-state index contributed by atoms with van der Waals surface area (Å²) in [7, 11) is 0. The monoisotopic (exact) mass is 290 g/mol. The van der Waals surface area contributed by atoms with Crippen LogP contribution in [0.1, 0.15) is 71.1 Å². The van der Waals surface area contributed by atoms with E-state index in [-0.39, 0.29) is 6.10 Å². The fraction of sp³-hybridized carbons (Fsp3) is 0.947. The molecule has 0 heterocycles. The van der Waals surface area contributed by atoms with Crippen molar-refractivity contribution in [1.82, 2.24) is 0 Å². The van der Waals surface area contributed by atoms with E-state index in [0.29, 0.717) is 23.0 Å². The number of fused-ring (bicyclic) bond motifs is 5. The number of Topliss-reactive ketones (excluding diaryl/α,β-unsaturated/α-hetero) is 1. The van der Waals surface area contributed by atoms with Crippen LogP contribution >= 0.6 is 0 Å². The Bertz CT molecular complexity index is 431. The van der Waals surface area contributed by atoms with Crippen molar-refractivity contribution < 1.29 is 9.90 Å². The molecule has 0 aromatic carbocycles. The van der Waals surface area contributed by atoms with Crippen LogP contribution in [0.2, 0.25) is 0 Å². The maximum Gasteiger partial charge on any atom is 0.136 e. The topological polar surface area (TPSA) is 37.3 Å². The van der Waals surface area contributed by atoms with E-state index < -0.39 is 0 Å². The Labute approximate surface area is 128 Å². The predicted octanol–water partition coefficient (Wildman–Crippen LogP) is 3.96. The molecule has 1 N–H and O–H groups in total. The van der Waals surface area contributed by atoms with Crippen LogP contribution in [-0.2, 0) is 4.79 Å². The summed E-state index contributed by atoms with van der Waals surface area (Å²) in [5, 5.41) is 10.0. The molecule has 2 nitrogen and oxygen atoms in total. The molecule has 0 unspecified atom stereocenters. The second-order valence-corrected chi connectivity index (χ2v) is 8.68. The van der Waals surface area contributed by atoms with Gasteiger partial charge in [0.25, 0.3) is 0 Å². The highest BCUT2D eigenvalue weighted by atomic mass is 16.3. The van der Waals surface area contributed by atoms with Crippen LogP contribution < -0.4 is 0 Å². The average Bonchev–Trinajstić information content (AvgIpc) is 2.48. The standard InChI is InChI=1S/C19H30O2/c1-19-10-9-13(20)11-12(19)5-6-15-14-3-2-4-18(21)16(14)7-8-17(15)19/h12-17,20H,2-11H2,1H3/t12-,13-,14+,15-,16+,17-,19+/m0/s1. The number of hydrogen-bond acceptors (Lipinski definition) is 2. The minimum absolute atomic E-state index is 0.0489. The predicted molar refractivity (Wildman–Crippen MR) is 82.7 cm³/mol. The van der Waals surface area contributed by atoms with Gasteiger partial charge >= 0.3 is 0 Å². The molecule has 0 aromatic heterocycles. The van der Waals surface area contributed by atoms with Gasteiger partial charge in [0.2, 0.25) is 0 Å². The molecule has 0 aliphatic heterocycles. The maximum absolute atomic E-state index is 12.3. The quantitative estimate of drug-likeness (QED) is 0.733. The first-order chi connectivity index (χ1) is 10.1. The number of aliphatic hydroxyl groups excluding tert-OH is 1. The Morgan fingerprint density at radius 2 is 1.90 bits per heavy atom. The van der Waals surface area contributed by atoms with Crippen LogP contribution in [0.3, 0.4) is 0 Å². The molecule has 7 atom stereocenters. The molecule has 4 rings (SSSR count). The lowest BCUT2D eigenvalue weighted by Gasteiger charge is -2.59. The molecule has 4 saturated carbocycles. The Hall–Kier alpha value is -0.370. The largest absolute Gasteiger partial charge is 0.393 e. The summed E-state index contributed by atoms with van der Waals surface area (Å²) in [6.45, 7) is 2.52. The molecule has 4 fully saturated rings. The molecule has 0 radical (unpaired) electrons. The molecule has 0 aromatic rings. The normalized spacial score (nSPS) is 53.5. The van der Waals surface area contributed by atoms with Gasteiger partial charge in [-0.15, -0.1) is 0 Å². The van der Waals surface area contributed by atoms with Crippen molar-refractivity contribution in [3.05, 3.63) is 0 Å². The average molecular weight is 290 g/mol. The summed E-state index contributed by atoms with van der Waals surface area (Å²) in [5.41, 5.74) is 0.452. The molecule has 2 heteroatoms. The lowest BCUT2D eigenvalue weighted by molar-refractivity contribution is -0.142. The third kappa shape index (κ3) is 2.12. The van der Waals surface area contributed by atoms with Crippen LogP contribution in [0, 0.1) is 35.0 Å². The zero-order chi connectivity index (χ0) is 14.6. The molecule has 0 saturated heterocycles. The van der Waals surface area contributed by atoms with Crippen LogP contribution in [0.4, 0.5) is 0 Å². The summed E-state index contributed by atoms with van der Waals surface area (Å²) in [6, 6.07) is 0. The van der Waals surface area contributed by atoms with Gasteiger partial charge < -0.3 is 5.11 Å². The van der Waals surface area contributed by atoms with E-state index in [1.54, 1.807) is 0 Å². The lowest BCUT2D eigenvalue weighted by Crippen LogP contribution is -2.53. The summed E-state index contributed by atoms with van der Waals surface area (Å²) in [5.74, 6) is 4.07. The van der Waals surface area contributed by atoms with E-state index in [2.05, 4.69) is 6.92 Å². The highest BCUT2D eigenvalue weighted by Gasteiger charge is 2.55. The van der Waals surface area contributed by atoms with Gasteiger partial charge in [0, 0.05) is 12.3 Å². The SMILES string of the molecule is C[C@@]12CC[C@H](O)C[C@@H]1CC[C@H]1[C@H]3CCCC(=O)[C@@H]3CC[C@@H]12. The minimum Gasteiger partial charge on any atom is -0.393 e. The second-order valence-electron chi connectivity index (χ2n) is 8.68. The number of rotatable bonds is 0. The van der Waals surface area contributed by atoms with Crippen molar-refractivity contribution in [3.63, 3.8) is 0 Å². The van der Waals surface area contributed by atoms with Crippen molar-refractivity contribution in [2.75, 3.05) is 0 Å². The van der Waals surface area contributed by atoms with Gasteiger partial charge in [-0.2, -0.15) is 0 Å². The first-order valence-corrected chi connectivity index (χ1v) is 9.30. The van der Waals surface area contributed by atoms with Gasteiger partial charge in [0.05, 0.1) is 6.10 Å². The Kier molecular flexibility index (Phi) is 3.44. The van der Waals surface area contributed by atoms with Crippen molar-refractivity contribution in [2.45, 2.75) is 77.2 Å². The van der Waals surface area contributed by atoms with Crippen LogP contribution in [-0.4, -0.2) is 17.0 Å². The fourth-order valence-electron chi connectivity index (χ4n) is 6.86. The van der Waals surface area contributed by atoms with Crippen LogP contribution in [0.25, 0.3) is 0 Å². The van der Waals surface area contributed by atoms with Crippen LogP contribution in [0.5, 0.6) is 0 Å². The Morgan fingerprint density at radius 1 is 1.05 bits per heavy atom. The van der Waals surface area contributed by atoms with E-state index in [4.69, 9.17) is 0 Å². The first kappa shape index (κ1) is 14.2. The van der Waals surface area contributed by atoms with E-state index in [1.165, 1.54) is 32.1 Å². The Morgan fingerprint density at radius 3 is 2.76 bits per heavy atom. The third-order valence-electron chi connectivity index (χ3n) is 7.95. The van der Waals surface area contributed by atoms with E-state index in [0.717, 1.165) is 49.9 Å². The number of aliphatic hydroxyl groups is 1. The van der Waals surface area contributed by atoms with Gasteiger partial charge in [-0.25, -0.2) is 0 Å². The molecular weight excluding hydrogens is 260 g/mol. The number of hydrogen-bond donors (Lipinski definition) is 1. The number of ketones is 1. The Balaban J connectivity index is 1.60. The highest BCUT2D eigenvalue weighted by molar-refractivity contribution is 5.82. The van der Waals surface area contributed by atoms with Gasteiger partial charge in [0.1, 0.15) is 5.78 Å². The summed E-state index contributed by atoms with van der Waals surface area (Å²) < 4.78 is 0. The van der Waals surface area contributed by atoms with Crippen LogP contribution in [0.15, 0.2) is 0 Å². The first-order valence-electron chi connectivity index (χ1n) is 9.30. The van der Waals surface area contributed by atoms with Gasteiger partial charge in [-0.3, -0.25) is 4.79 Å². The van der Waals surface area contributed by atoms with E-state index >= 15 is 0 Å². The number of carbonyl (C=O) groups is 1. The third-order valence-corrected chi connectivity index (χ3v) is 7.95. The second kappa shape index (κ2) is 5.08. The summed E-state index contributed by atoms with van der Waals surface area (Å²) in [6.07, 6.45) is 11.6. The van der Waals surface area contributed by atoms with Gasteiger partial charge in [-0.05, 0) is 86.9 Å². The van der Waals surface area contributed by atoms with Crippen molar-refractivity contribution in [2.24, 2.45) is 35.0 Å². The number of carbonyl (C=O) groups excluding carboxylic acids is 1. The molecule has 0 spiro atoms. The highest BCUT2D eigenvalue weighted by Crippen LogP contribution is 2.62. The van der Waals surface area contributed by atoms with Crippen molar-refractivity contribution >= 4 is 5.78 Å². The molecule has 4 aliphatic carbocycles. The lowest BCUT2D eigenvalue weighted by atomic mass is 9.45. The van der Waals surface area contributed by atoms with E-state index in [9.17, 15) is 9.90 Å². The fourth-order valence-corrected chi connectivity index (χ4v) is 6.86. The van der Waals surface area contributed by atoms with Crippen molar-refractivity contribution in [3.8, 4) is 0 Å². The molecule has 0 bridgehead atoms. The zero-order valence-electron chi connectivity index (χ0n) is 13.4. The summed E-state index contributed by atoms with van der Waals surface area (Å²) in [4.78, 5) is 12.3. The molecule has 118 valence electrons. The molecule has 4 aliphatic rings. The zero-order valence-corrected chi connectivity index (χ0v) is 13.4. The molecule has 21 heavy (non-hydrogen) atoms. The van der Waals surface area contributed by atoms with Crippen molar-refractivity contribution in [1.29, 1.82) is 0 Å². The smallest absolute Gasteiger partial charge is 0.136 e.